The predicted octanol–water partition coefficient (Wildman–Crippen LogP) is 1.97. The zero-order valence-electron chi connectivity index (χ0n) is 9.47. The van der Waals surface area contributed by atoms with E-state index in [1.807, 2.05) is 0 Å². The van der Waals surface area contributed by atoms with Gasteiger partial charge >= 0.3 is 0 Å². The second kappa shape index (κ2) is 6.81. The van der Waals surface area contributed by atoms with Gasteiger partial charge in [-0.2, -0.15) is 5.26 Å². The van der Waals surface area contributed by atoms with Gasteiger partial charge in [0.05, 0.1) is 11.7 Å². The van der Waals surface area contributed by atoms with Crippen LogP contribution in [0.25, 0.3) is 0 Å². The summed E-state index contributed by atoms with van der Waals surface area (Å²) in [5.41, 5.74) is -0.451. The van der Waals surface area contributed by atoms with Gasteiger partial charge in [0.15, 0.2) is 0 Å². The lowest BCUT2D eigenvalue weighted by Crippen LogP contribution is -2.42. The average Bonchev–Trinajstić information content (AvgIpc) is 2.24. The van der Waals surface area contributed by atoms with E-state index in [1.54, 1.807) is 0 Å². The van der Waals surface area contributed by atoms with E-state index in [0.717, 1.165) is 51.6 Å². The molecule has 2 N–H and O–H groups in total. The largest absolute Gasteiger partial charge is 0.389 e. The molecule has 1 aliphatic rings. The van der Waals surface area contributed by atoms with Gasteiger partial charge in [-0.1, -0.05) is 19.3 Å². The minimum Gasteiger partial charge on any atom is -0.389 e. The van der Waals surface area contributed by atoms with Crippen LogP contribution in [0.2, 0.25) is 0 Å². The van der Waals surface area contributed by atoms with E-state index in [4.69, 9.17) is 5.26 Å². The molecule has 0 heterocycles. The van der Waals surface area contributed by atoms with Gasteiger partial charge in [0.1, 0.15) is 0 Å². The highest BCUT2D eigenvalue weighted by molar-refractivity contribution is 4.84. The summed E-state index contributed by atoms with van der Waals surface area (Å²) in [6.07, 6.45) is 8.11. The molecule has 3 nitrogen and oxygen atoms in total. The van der Waals surface area contributed by atoms with Crippen LogP contribution in [0.1, 0.15) is 51.4 Å². The first-order valence-corrected chi connectivity index (χ1v) is 6.07. The number of hydrogen-bond donors (Lipinski definition) is 2. The van der Waals surface area contributed by atoms with Gasteiger partial charge in [-0.25, -0.2) is 0 Å². The lowest BCUT2D eigenvalue weighted by atomic mass is 9.85. The molecule has 1 fully saturated rings. The zero-order valence-corrected chi connectivity index (χ0v) is 9.47. The molecule has 0 spiro atoms. The Morgan fingerprint density at radius 2 is 1.93 bits per heavy atom. The third-order valence-electron chi connectivity index (χ3n) is 3.13. The Hall–Kier alpha value is -0.590. The third-order valence-corrected chi connectivity index (χ3v) is 3.13. The summed E-state index contributed by atoms with van der Waals surface area (Å²) in [5.74, 6) is 0. The van der Waals surface area contributed by atoms with Crippen LogP contribution in [0.4, 0.5) is 0 Å². The van der Waals surface area contributed by atoms with Crippen LogP contribution >= 0.6 is 0 Å². The number of aliphatic hydroxyl groups is 1. The molecule has 0 radical (unpaired) electrons. The number of hydrogen-bond acceptors (Lipinski definition) is 3. The number of nitrogens with zero attached hydrogens (tertiary/aromatic N) is 1. The maximum Gasteiger partial charge on any atom is 0.0771 e. The number of unbranched alkanes of at least 4 members (excludes halogenated alkanes) is 2. The summed E-state index contributed by atoms with van der Waals surface area (Å²) < 4.78 is 0. The van der Waals surface area contributed by atoms with Crippen LogP contribution in [0.15, 0.2) is 0 Å². The molecule has 0 bridgehead atoms. The van der Waals surface area contributed by atoms with Crippen LogP contribution in [-0.2, 0) is 0 Å². The monoisotopic (exact) mass is 210 g/mol. The highest BCUT2D eigenvalue weighted by Gasteiger charge is 2.28. The molecule has 1 saturated carbocycles. The SMILES string of the molecule is N#CCCCCNCC1(O)CCCCC1. The summed E-state index contributed by atoms with van der Waals surface area (Å²) in [7, 11) is 0. The molecule has 0 saturated heterocycles. The van der Waals surface area contributed by atoms with E-state index < -0.39 is 5.60 Å². The molecule has 15 heavy (non-hydrogen) atoms. The molecular formula is C12H22N2O. The van der Waals surface area contributed by atoms with Crippen molar-refractivity contribution in [1.29, 1.82) is 5.26 Å². The minimum absolute atomic E-state index is 0.451. The van der Waals surface area contributed by atoms with Crippen molar-refractivity contribution < 1.29 is 5.11 Å². The van der Waals surface area contributed by atoms with Crippen LogP contribution in [0.5, 0.6) is 0 Å². The van der Waals surface area contributed by atoms with Crippen molar-refractivity contribution >= 4 is 0 Å². The first-order chi connectivity index (χ1) is 7.27. The second-order valence-electron chi connectivity index (χ2n) is 4.58. The topological polar surface area (TPSA) is 56.0 Å². The molecule has 1 aliphatic carbocycles. The van der Waals surface area contributed by atoms with Crippen molar-refractivity contribution in [3.05, 3.63) is 0 Å². The molecule has 0 aromatic heterocycles. The van der Waals surface area contributed by atoms with Crippen molar-refractivity contribution in [3.63, 3.8) is 0 Å². The third kappa shape index (κ3) is 5.15. The van der Waals surface area contributed by atoms with Crippen molar-refractivity contribution in [2.75, 3.05) is 13.1 Å². The second-order valence-corrected chi connectivity index (χ2v) is 4.58. The van der Waals surface area contributed by atoms with Gasteiger partial charge in [-0.05, 0) is 32.2 Å². The molecule has 0 aromatic carbocycles. The molecule has 86 valence electrons. The predicted molar refractivity (Wildman–Crippen MR) is 60.4 cm³/mol. The molecule has 0 aliphatic heterocycles. The fourth-order valence-electron chi connectivity index (χ4n) is 2.16. The summed E-state index contributed by atoms with van der Waals surface area (Å²) in [5, 5.41) is 21.8. The standard InChI is InChI=1S/C12H22N2O/c13-9-5-2-6-10-14-11-12(15)7-3-1-4-8-12/h14-15H,1-8,10-11H2. The fourth-order valence-corrected chi connectivity index (χ4v) is 2.16. The molecule has 3 heteroatoms. The van der Waals surface area contributed by atoms with Crippen molar-refractivity contribution in [3.8, 4) is 6.07 Å². The maximum absolute atomic E-state index is 10.2. The first kappa shape index (κ1) is 12.5. The molecule has 0 aromatic rings. The zero-order chi connectivity index (χ0) is 11.0. The van der Waals surface area contributed by atoms with Crippen molar-refractivity contribution in [1.82, 2.24) is 5.32 Å². The van der Waals surface area contributed by atoms with Gasteiger partial charge in [-0.15, -0.1) is 0 Å². The summed E-state index contributed by atoms with van der Waals surface area (Å²) in [6.45, 7) is 1.64. The van der Waals surface area contributed by atoms with Crippen LogP contribution in [0, 0.1) is 11.3 Å². The van der Waals surface area contributed by atoms with E-state index in [2.05, 4.69) is 11.4 Å². The summed E-state index contributed by atoms with van der Waals surface area (Å²) in [6, 6.07) is 2.14. The Kier molecular flexibility index (Phi) is 5.67. The minimum atomic E-state index is -0.451. The van der Waals surface area contributed by atoms with Gasteiger partial charge < -0.3 is 10.4 Å². The van der Waals surface area contributed by atoms with Crippen molar-refractivity contribution in [2.45, 2.75) is 57.0 Å². The van der Waals surface area contributed by atoms with Gasteiger partial charge in [-0.3, -0.25) is 0 Å². The van der Waals surface area contributed by atoms with E-state index in [0.29, 0.717) is 6.42 Å². The number of rotatable bonds is 6. The van der Waals surface area contributed by atoms with Gasteiger partial charge in [0.25, 0.3) is 0 Å². The lowest BCUT2D eigenvalue weighted by Gasteiger charge is -2.32. The van der Waals surface area contributed by atoms with E-state index >= 15 is 0 Å². The number of nitrogens with one attached hydrogen (secondary N) is 1. The molecule has 1 rings (SSSR count). The molecular weight excluding hydrogens is 188 g/mol. The smallest absolute Gasteiger partial charge is 0.0771 e. The van der Waals surface area contributed by atoms with Crippen LogP contribution in [-0.4, -0.2) is 23.8 Å². The van der Waals surface area contributed by atoms with Crippen LogP contribution < -0.4 is 5.32 Å². The van der Waals surface area contributed by atoms with E-state index in [1.165, 1.54) is 6.42 Å². The Labute approximate surface area is 92.5 Å². The highest BCUT2D eigenvalue weighted by atomic mass is 16.3. The maximum atomic E-state index is 10.2. The van der Waals surface area contributed by atoms with E-state index in [9.17, 15) is 5.11 Å². The lowest BCUT2D eigenvalue weighted by molar-refractivity contribution is 0.00505. The normalized spacial score (nSPS) is 19.7. The van der Waals surface area contributed by atoms with Crippen molar-refractivity contribution in [2.24, 2.45) is 0 Å². The first-order valence-electron chi connectivity index (χ1n) is 6.07. The quantitative estimate of drug-likeness (QED) is 0.659. The summed E-state index contributed by atoms with van der Waals surface area (Å²) in [4.78, 5) is 0. The summed E-state index contributed by atoms with van der Waals surface area (Å²) >= 11 is 0. The average molecular weight is 210 g/mol. The van der Waals surface area contributed by atoms with Crippen LogP contribution in [0.3, 0.4) is 0 Å². The fraction of sp³-hybridized carbons (Fsp3) is 0.917. The molecule has 0 atom stereocenters. The van der Waals surface area contributed by atoms with Gasteiger partial charge in [0, 0.05) is 13.0 Å². The Balaban J connectivity index is 2.01. The molecule has 0 amide bonds. The van der Waals surface area contributed by atoms with E-state index in [-0.39, 0.29) is 0 Å². The Morgan fingerprint density at radius 1 is 1.20 bits per heavy atom. The highest BCUT2D eigenvalue weighted by Crippen LogP contribution is 2.27. The number of nitriles is 1. The molecule has 0 unspecified atom stereocenters. The Morgan fingerprint density at radius 3 is 2.60 bits per heavy atom. The van der Waals surface area contributed by atoms with Gasteiger partial charge in [0.2, 0.25) is 0 Å². The Bertz CT molecular complexity index is 204.